The summed E-state index contributed by atoms with van der Waals surface area (Å²) in [7, 11) is 1.74. The van der Waals surface area contributed by atoms with E-state index in [2.05, 4.69) is 59.8 Å². The molecule has 0 saturated carbocycles. The van der Waals surface area contributed by atoms with Gasteiger partial charge in [0.05, 0.1) is 12.7 Å². The average molecular weight is 612 g/mol. The number of benzene rings is 1. The van der Waals surface area contributed by atoms with E-state index in [1.54, 1.807) is 16.6 Å². The number of carbonyl (C=O) groups excluding carboxylic acids is 2. The molecule has 1 aromatic carbocycles. The molecule has 1 aliphatic rings. The summed E-state index contributed by atoms with van der Waals surface area (Å²) in [5, 5.41) is 11.3. The van der Waals surface area contributed by atoms with E-state index in [1.807, 2.05) is 6.20 Å². The van der Waals surface area contributed by atoms with Crippen LogP contribution in [0.5, 0.6) is 0 Å². The molecule has 16 heteroatoms. The average Bonchev–Trinajstić information content (AvgIpc) is 3.42. The highest BCUT2D eigenvalue weighted by Gasteiger charge is 2.21. The number of piperidine rings is 1. The number of nitrogens with two attached hydrogens (primary N) is 4. The fourth-order valence-corrected chi connectivity index (χ4v) is 4.84. The van der Waals surface area contributed by atoms with Gasteiger partial charge in [-0.05, 0) is 30.4 Å². The molecule has 43 heavy (non-hydrogen) atoms. The number of hydrogen-bond acceptors (Lipinski definition) is 10. The van der Waals surface area contributed by atoms with Crippen LogP contribution in [0.15, 0.2) is 35.5 Å². The lowest BCUT2D eigenvalue weighted by Crippen LogP contribution is -2.47. The van der Waals surface area contributed by atoms with Crippen molar-refractivity contribution in [1.82, 2.24) is 40.1 Å². The smallest absolute Gasteiger partial charge is 0.302 e. The highest BCUT2D eigenvalue weighted by Crippen LogP contribution is 2.18. The van der Waals surface area contributed by atoms with E-state index in [9.17, 15) is 9.59 Å². The summed E-state index contributed by atoms with van der Waals surface area (Å²) in [5.41, 5.74) is 25.7. The van der Waals surface area contributed by atoms with Gasteiger partial charge in [0.2, 0.25) is 5.91 Å². The number of aryl methyl sites for hydroxylation is 2. The number of guanidine groups is 1. The van der Waals surface area contributed by atoms with Crippen molar-refractivity contribution < 1.29 is 9.59 Å². The highest BCUT2D eigenvalue weighted by molar-refractivity contribution is 6.31. The van der Waals surface area contributed by atoms with Gasteiger partial charge < -0.3 is 33.2 Å². The molecule has 0 unspecified atom stereocenters. The number of aromatic nitrogens is 5. The molecule has 0 bridgehead atoms. The summed E-state index contributed by atoms with van der Waals surface area (Å²) in [5.74, 6) is -0.995. The molecular weight excluding hydrogens is 574 g/mol. The van der Waals surface area contributed by atoms with Crippen molar-refractivity contribution in [3.05, 3.63) is 58.1 Å². The molecule has 0 aliphatic carbocycles. The molecule has 2 aromatic heterocycles. The minimum absolute atomic E-state index is 0.00908. The maximum atomic E-state index is 12.4. The van der Waals surface area contributed by atoms with Gasteiger partial charge in [0.1, 0.15) is 5.69 Å². The Bertz CT molecular complexity index is 1440. The van der Waals surface area contributed by atoms with Crippen LogP contribution in [0.1, 0.15) is 46.6 Å². The van der Waals surface area contributed by atoms with E-state index in [0.29, 0.717) is 26.1 Å². The molecule has 4 rings (SSSR count). The predicted octanol–water partition coefficient (Wildman–Crippen LogP) is 0.145. The minimum Gasteiger partial charge on any atom is -0.382 e. The van der Waals surface area contributed by atoms with E-state index >= 15 is 0 Å². The number of halogens is 1. The Labute approximate surface area is 254 Å². The third-order valence-corrected chi connectivity index (χ3v) is 7.38. The molecule has 3 heterocycles. The zero-order valence-corrected chi connectivity index (χ0v) is 24.9. The molecule has 15 nitrogen and oxygen atoms in total. The van der Waals surface area contributed by atoms with Crippen molar-refractivity contribution >= 4 is 41.0 Å². The van der Waals surface area contributed by atoms with E-state index < -0.39 is 5.91 Å². The lowest BCUT2D eigenvalue weighted by Gasteiger charge is -2.32. The first-order chi connectivity index (χ1) is 20.6. The first-order valence-corrected chi connectivity index (χ1v) is 14.4. The molecule has 9 N–H and O–H groups in total. The van der Waals surface area contributed by atoms with Gasteiger partial charge in [0.25, 0.3) is 0 Å². The SMILES string of the molecule is CN(Cc1cn(CCc2ccc(CN3CCC(N/C(N)=N/C(=O)c4nc(Cl)c(N)nc4N)CC3)cc2)nn1)C(=O)CCN. The minimum atomic E-state index is -0.747. The van der Waals surface area contributed by atoms with Gasteiger partial charge in [-0.15, -0.1) is 5.10 Å². The molecule has 2 amide bonds. The van der Waals surface area contributed by atoms with Crippen LogP contribution < -0.4 is 28.3 Å². The lowest BCUT2D eigenvalue weighted by atomic mass is 10.0. The van der Waals surface area contributed by atoms with E-state index in [0.717, 1.165) is 44.6 Å². The van der Waals surface area contributed by atoms with Crippen molar-refractivity contribution in [2.75, 3.05) is 38.1 Å². The van der Waals surface area contributed by atoms with Crippen LogP contribution in [0.3, 0.4) is 0 Å². The first kappa shape index (κ1) is 31.6. The third-order valence-electron chi connectivity index (χ3n) is 7.10. The van der Waals surface area contributed by atoms with Gasteiger partial charge in [0, 0.05) is 52.2 Å². The summed E-state index contributed by atoms with van der Waals surface area (Å²) in [6.07, 6.45) is 4.69. The van der Waals surface area contributed by atoms with Gasteiger partial charge in [-0.2, -0.15) is 4.99 Å². The number of rotatable bonds is 11. The Morgan fingerprint density at radius 2 is 1.81 bits per heavy atom. The highest BCUT2D eigenvalue weighted by atomic mass is 35.5. The number of hydrogen-bond donors (Lipinski definition) is 5. The molecule has 1 aliphatic heterocycles. The topological polar surface area (TPSA) is 226 Å². The van der Waals surface area contributed by atoms with E-state index in [-0.39, 0.29) is 40.4 Å². The van der Waals surface area contributed by atoms with E-state index in [4.69, 9.17) is 34.5 Å². The number of anilines is 2. The number of carbonyl (C=O) groups is 2. The molecular formula is C27H38ClN13O2. The molecule has 1 fully saturated rings. The van der Waals surface area contributed by atoms with Crippen LogP contribution in [0, 0.1) is 0 Å². The molecule has 3 aromatic rings. The standard InChI is InChI=1S/C27H38ClN13O2/c1-39(21(42)6-10-29)15-20-16-41(38-37-20)13-7-17-2-4-18(5-3-17)14-40-11-8-19(9-12-40)33-27(32)36-26(43)22-24(30)35-25(31)23(28)34-22/h2-5,16,19H,6-15,29H2,1H3,(H4,30,31,35)(H3,32,33,36,43). The number of nitrogen functional groups attached to an aromatic ring is 2. The summed E-state index contributed by atoms with van der Waals surface area (Å²) >= 11 is 5.84. The van der Waals surface area contributed by atoms with Crippen molar-refractivity contribution in [3.8, 4) is 0 Å². The second-order valence-electron chi connectivity index (χ2n) is 10.5. The molecule has 1 saturated heterocycles. The van der Waals surface area contributed by atoms with Crippen LogP contribution >= 0.6 is 11.6 Å². The third kappa shape index (κ3) is 9.07. The second-order valence-corrected chi connectivity index (χ2v) is 10.8. The number of nitrogens with one attached hydrogen (secondary N) is 1. The van der Waals surface area contributed by atoms with Crippen molar-refractivity contribution in [2.45, 2.75) is 51.4 Å². The van der Waals surface area contributed by atoms with Crippen LogP contribution in [0.25, 0.3) is 0 Å². The molecule has 0 spiro atoms. The van der Waals surface area contributed by atoms with Crippen molar-refractivity contribution in [3.63, 3.8) is 0 Å². The lowest BCUT2D eigenvalue weighted by molar-refractivity contribution is -0.130. The van der Waals surface area contributed by atoms with Gasteiger partial charge in [-0.25, -0.2) is 9.97 Å². The van der Waals surface area contributed by atoms with Gasteiger partial charge >= 0.3 is 5.91 Å². The Balaban J connectivity index is 1.19. The maximum absolute atomic E-state index is 12.4. The number of likely N-dealkylation sites (tertiary alicyclic amines) is 1. The first-order valence-electron chi connectivity index (χ1n) is 14.0. The van der Waals surface area contributed by atoms with Gasteiger partial charge in [0.15, 0.2) is 28.4 Å². The van der Waals surface area contributed by atoms with Crippen molar-refractivity contribution in [1.29, 1.82) is 0 Å². The number of nitrogens with zero attached hydrogens (tertiary/aromatic N) is 8. The second kappa shape index (κ2) is 14.7. The number of amides is 2. The predicted molar refractivity (Wildman–Crippen MR) is 164 cm³/mol. The Morgan fingerprint density at radius 3 is 2.51 bits per heavy atom. The Kier molecular flexibility index (Phi) is 10.8. The summed E-state index contributed by atoms with van der Waals surface area (Å²) in [4.78, 5) is 39.8. The largest absolute Gasteiger partial charge is 0.382 e. The monoisotopic (exact) mass is 611 g/mol. The summed E-state index contributed by atoms with van der Waals surface area (Å²) < 4.78 is 1.80. The quantitative estimate of drug-likeness (QED) is 0.144. The van der Waals surface area contributed by atoms with Gasteiger partial charge in [-0.3, -0.25) is 19.2 Å². The Morgan fingerprint density at radius 1 is 1.12 bits per heavy atom. The fourth-order valence-electron chi connectivity index (χ4n) is 4.72. The fraction of sp³-hybridized carbons (Fsp3) is 0.444. The Hall–Kier alpha value is -4.34. The van der Waals surface area contributed by atoms with Crippen molar-refractivity contribution in [2.24, 2.45) is 16.5 Å². The van der Waals surface area contributed by atoms with E-state index in [1.165, 1.54) is 11.1 Å². The van der Waals surface area contributed by atoms with Crippen LogP contribution in [-0.4, -0.2) is 85.3 Å². The maximum Gasteiger partial charge on any atom is 0.302 e. The molecule has 0 radical (unpaired) electrons. The normalized spacial score (nSPS) is 14.5. The molecule has 0 atom stereocenters. The van der Waals surface area contributed by atoms with Gasteiger partial charge in [-0.1, -0.05) is 41.1 Å². The van der Waals surface area contributed by atoms with Crippen LogP contribution in [0.2, 0.25) is 5.15 Å². The summed E-state index contributed by atoms with van der Waals surface area (Å²) in [6, 6.07) is 8.66. The molecule has 230 valence electrons. The summed E-state index contributed by atoms with van der Waals surface area (Å²) in [6.45, 7) is 4.01. The van der Waals surface area contributed by atoms with Crippen LogP contribution in [0.4, 0.5) is 11.6 Å². The zero-order valence-electron chi connectivity index (χ0n) is 24.1. The van der Waals surface area contributed by atoms with Crippen LogP contribution in [-0.2, 0) is 30.8 Å². The zero-order chi connectivity index (χ0) is 30.9. The number of aliphatic imine (C=N–C) groups is 1.